The molecule has 0 aliphatic rings. The molecule has 1 N–H and O–H groups in total. The van der Waals surface area contributed by atoms with E-state index >= 15 is 0 Å². The van der Waals surface area contributed by atoms with Crippen LogP contribution in [0.3, 0.4) is 0 Å². The lowest BCUT2D eigenvalue weighted by atomic mass is 10.2. The highest BCUT2D eigenvalue weighted by molar-refractivity contribution is 6.07. The summed E-state index contributed by atoms with van der Waals surface area (Å²) in [5, 5.41) is 6.33. The SMILES string of the molecule is CCn1cc(NC(=O)c2c(F)cccc2F)c(C(=O)OC(C)C)n1. The highest BCUT2D eigenvalue weighted by atomic mass is 19.1. The normalized spacial score (nSPS) is 10.8. The number of benzene rings is 1. The van der Waals surface area contributed by atoms with Gasteiger partial charge in [-0.1, -0.05) is 6.07 Å². The van der Waals surface area contributed by atoms with E-state index in [0.29, 0.717) is 6.54 Å². The molecule has 1 aromatic heterocycles. The standard InChI is InChI=1S/C16H17F2N3O3/c1-4-21-8-12(14(20-21)16(23)24-9(2)3)19-15(22)13-10(17)6-5-7-11(13)18/h5-9H,4H2,1-3H3,(H,19,22). The van der Waals surface area contributed by atoms with Gasteiger partial charge < -0.3 is 10.1 Å². The Hall–Kier alpha value is -2.77. The van der Waals surface area contributed by atoms with Crippen LogP contribution in [0.15, 0.2) is 24.4 Å². The molecule has 0 saturated heterocycles. The third kappa shape index (κ3) is 3.76. The Morgan fingerprint density at radius 2 is 1.92 bits per heavy atom. The number of anilines is 1. The van der Waals surface area contributed by atoms with Crippen molar-refractivity contribution in [2.24, 2.45) is 0 Å². The Labute approximate surface area is 137 Å². The number of carbonyl (C=O) groups is 2. The maximum Gasteiger partial charge on any atom is 0.361 e. The number of rotatable bonds is 5. The molecule has 6 nitrogen and oxygen atoms in total. The van der Waals surface area contributed by atoms with E-state index in [1.807, 2.05) is 0 Å². The molecule has 2 rings (SSSR count). The van der Waals surface area contributed by atoms with E-state index in [-0.39, 0.29) is 17.5 Å². The van der Waals surface area contributed by atoms with Gasteiger partial charge in [-0.25, -0.2) is 13.6 Å². The molecule has 1 heterocycles. The number of hydrogen-bond acceptors (Lipinski definition) is 4. The van der Waals surface area contributed by atoms with Crippen LogP contribution in [0.2, 0.25) is 0 Å². The molecule has 0 radical (unpaired) electrons. The average Bonchev–Trinajstić information content (AvgIpc) is 2.89. The number of nitrogens with zero attached hydrogens (tertiary/aromatic N) is 2. The maximum atomic E-state index is 13.7. The number of esters is 1. The van der Waals surface area contributed by atoms with Crippen LogP contribution in [0.5, 0.6) is 0 Å². The second-order valence-corrected chi connectivity index (χ2v) is 5.25. The van der Waals surface area contributed by atoms with Gasteiger partial charge in [0.25, 0.3) is 5.91 Å². The molecular weight excluding hydrogens is 320 g/mol. The van der Waals surface area contributed by atoms with Crippen LogP contribution in [0.1, 0.15) is 41.6 Å². The molecule has 24 heavy (non-hydrogen) atoms. The first-order chi connectivity index (χ1) is 11.3. The fourth-order valence-electron chi connectivity index (χ4n) is 2.00. The summed E-state index contributed by atoms with van der Waals surface area (Å²) in [6.07, 6.45) is 1.02. The summed E-state index contributed by atoms with van der Waals surface area (Å²) < 4.78 is 33.8. The number of hydrogen-bond donors (Lipinski definition) is 1. The van der Waals surface area contributed by atoms with Gasteiger partial charge in [0.1, 0.15) is 17.2 Å². The number of aromatic nitrogens is 2. The lowest BCUT2D eigenvalue weighted by molar-refractivity contribution is 0.0371. The first-order valence-electron chi connectivity index (χ1n) is 7.37. The molecule has 0 saturated carbocycles. The van der Waals surface area contributed by atoms with E-state index < -0.39 is 29.1 Å². The molecule has 2 aromatic rings. The van der Waals surface area contributed by atoms with Crippen molar-refractivity contribution in [1.82, 2.24) is 9.78 Å². The van der Waals surface area contributed by atoms with Crippen LogP contribution in [0.25, 0.3) is 0 Å². The van der Waals surface area contributed by atoms with Crippen LogP contribution in [-0.4, -0.2) is 27.8 Å². The highest BCUT2D eigenvalue weighted by Gasteiger charge is 2.23. The van der Waals surface area contributed by atoms with Gasteiger partial charge in [0.05, 0.1) is 11.8 Å². The quantitative estimate of drug-likeness (QED) is 0.851. The van der Waals surface area contributed by atoms with Gasteiger partial charge >= 0.3 is 5.97 Å². The third-order valence-corrected chi connectivity index (χ3v) is 3.06. The summed E-state index contributed by atoms with van der Waals surface area (Å²) in [4.78, 5) is 24.2. The van der Waals surface area contributed by atoms with Gasteiger partial charge in [0.2, 0.25) is 0 Å². The van der Waals surface area contributed by atoms with Crippen molar-refractivity contribution in [3.05, 3.63) is 47.3 Å². The number of amides is 1. The molecule has 0 aliphatic carbocycles. The number of nitrogens with one attached hydrogen (secondary N) is 1. The van der Waals surface area contributed by atoms with Crippen molar-refractivity contribution in [1.29, 1.82) is 0 Å². The van der Waals surface area contributed by atoms with Gasteiger partial charge in [0.15, 0.2) is 5.69 Å². The molecule has 8 heteroatoms. The summed E-state index contributed by atoms with van der Waals surface area (Å²) in [5.41, 5.74) is -0.837. The van der Waals surface area contributed by atoms with E-state index in [2.05, 4.69) is 10.4 Å². The van der Waals surface area contributed by atoms with Crippen LogP contribution in [-0.2, 0) is 11.3 Å². The molecule has 1 amide bonds. The summed E-state index contributed by atoms with van der Waals surface area (Å²) >= 11 is 0. The molecule has 0 unspecified atom stereocenters. The molecule has 0 atom stereocenters. The fraction of sp³-hybridized carbons (Fsp3) is 0.312. The lowest BCUT2D eigenvalue weighted by Crippen LogP contribution is -2.19. The van der Waals surface area contributed by atoms with Crippen molar-refractivity contribution >= 4 is 17.6 Å². The van der Waals surface area contributed by atoms with Gasteiger partial charge in [-0.3, -0.25) is 9.48 Å². The monoisotopic (exact) mass is 337 g/mol. The predicted molar refractivity (Wildman–Crippen MR) is 82.8 cm³/mol. The highest BCUT2D eigenvalue weighted by Crippen LogP contribution is 2.19. The van der Waals surface area contributed by atoms with Crippen molar-refractivity contribution in [3.8, 4) is 0 Å². The zero-order valence-electron chi connectivity index (χ0n) is 13.5. The second-order valence-electron chi connectivity index (χ2n) is 5.25. The van der Waals surface area contributed by atoms with Crippen molar-refractivity contribution < 1.29 is 23.1 Å². The zero-order chi connectivity index (χ0) is 17.9. The van der Waals surface area contributed by atoms with E-state index in [9.17, 15) is 18.4 Å². The Morgan fingerprint density at radius 3 is 2.46 bits per heavy atom. The summed E-state index contributed by atoms with van der Waals surface area (Å²) in [6, 6.07) is 3.10. The fourth-order valence-corrected chi connectivity index (χ4v) is 2.00. The van der Waals surface area contributed by atoms with Crippen molar-refractivity contribution in [2.45, 2.75) is 33.4 Å². The molecule has 0 fully saturated rings. The molecule has 0 bridgehead atoms. The van der Waals surface area contributed by atoms with E-state index in [1.54, 1.807) is 20.8 Å². The van der Waals surface area contributed by atoms with Crippen LogP contribution in [0, 0.1) is 11.6 Å². The first kappa shape index (κ1) is 17.6. The minimum absolute atomic E-state index is 0.0233. The zero-order valence-corrected chi connectivity index (χ0v) is 13.5. The predicted octanol–water partition coefficient (Wildman–Crippen LogP) is 3.00. The molecule has 128 valence electrons. The molecule has 0 spiro atoms. The van der Waals surface area contributed by atoms with Crippen molar-refractivity contribution in [3.63, 3.8) is 0 Å². The van der Waals surface area contributed by atoms with E-state index in [0.717, 1.165) is 18.2 Å². The molecule has 0 aliphatic heterocycles. The Balaban J connectivity index is 2.33. The number of halogens is 2. The van der Waals surface area contributed by atoms with Gasteiger partial charge in [-0.05, 0) is 32.9 Å². The maximum absolute atomic E-state index is 13.7. The smallest absolute Gasteiger partial charge is 0.361 e. The lowest BCUT2D eigenvalue weighted by Gasteiger charge is -2.09. The summed E-state index contributed by atoms with van der Waals surface area (Å²) in [5.74, 6) is -3.75. The first-order valence-corrected chi connectivity index (χ1v) is 7.37. The average molecular weight is 337 g/mol. The van der Waals surface area contributed by atoms with Gasteiger partial charge in [0, 0.05) is 12.7 Å². The van der Waals surface area contributed by atoms with E-state index in [1.165, 1.54) is 10.9 Å². The molecule has 1 aromatic carbocycles. The molecular formula is C16H17F2N3O3. The number of aryl methyl sites for hydroxylation is 1. The Morgan fingerprint density at radius 1 is 1.29 bits per heavy atom. The summed E-state index contributed by atoms with van der Waals surface area (Å²) in [7, 11) is 0. The second kappa shape index (κ2) is 7.20. The van der Waals surface area contributed by atoms with Gasteiger partial charge in [-0.15, -0.1) is 0 Å². The minimum atomic E-state index is -1.01. The van der Waals surface area contributed by atoms with Crippen LogP contribution < -0.4 is 5.32 Å². The van der Waals surface area contributed by atoms with Gasteiger partial charge in [-0.2, -0.15) is 5.10 Å². The summed E-state index contributed by atoms with van der Waals surface area (Å²) in [6.45, 7) is 5.56. The Bertz CT molecular complexity index is 752. The largest absolute Gasteiger partial charge is 0.458 e. The minimum Gasteiger partial charge on any atom is -0.458 e. The van der Waals surface area contributed by atoms with E-state index in [4.69, 9.17) is 4.74 Å². The van der Waals surface area contributed by atoms with Crippen molar-refractivity contribution in [2.75, 3.05) is 5.32 Å². The third-order valence-electron chi connectivity index (χ3n) is 3.06. The number of ether oxygens (including phenoxy) is 1. The topological polar surface area (TPSA) is 73.2 Å². The number of carbonyl (C=O) groups excluding carboxylic acids is 2. The Kier molecular flexibility index (Phi) is 5.28. The van der Waals surface area contributed by atoms with Crippen LogP contribution >= 0.6 is 0 Å². The van der Waals surface area contributed by atoms with Crippen LogP contribution in [0.4, 0.5) is 14.5 Å².